The molecule has 9 heteroatoms. The second kappa shape index (κ2) is 10.6. The topological polar surface area (TPSA) is 120 Å². The first-order chi connectivity index (χ1) is 10.4. The Kier molecular flexibility index (Phi) is 9.51. The second-order valence-corrected chi connectivity index (χ2v) is 4.33. The van der Waals surface area contributed by atoms with E-state index in [1.807, 2.05) is 0 Å². The van der Waals surface area contributed by atoms with Crippen LogP contribution < -0.4 is 10.6 Å². The largest absolute Gasteiger partial charge is 0.469 e. The molecule has 22 heavy (non-hydrogen) atoms. The van der Waals surface area contributed by atoms with E-state index in [0.717, 1.165) is 0 Å². The molecule has 126 valence electrons. The van der Waals surface area contributed by atoms with Crippen LogP contribution in [0.3, 0.4) is 0 Å². The molecule has 0 heterocycles. The molecule has 1 amide bonds. The molecule has 0 rings (SSSR count). The summed E-state index contributed by atoms with van der Waals surface area (Å²) in [5, 5.41) is 5.06. The van der Waals surface area contributed by atoms with Gasteiger partial charge in [0.05, 0.1) is 27.8 Å². The lowest BCUT2D eigenvalue weighted by Crippen LogP contribution is -2.46. The average Bonchev–Trinajstić information content (AvgIpc) is 2.54. The number of hydrogen-bond acceptors (Lipinski definition) is 8. The highest BCUT2D eigenvalue weighted by Gasteiger charge is 2.26. The van der Waals surface area contributed by atoms with Gasteiger partial charge in [-0.3, -0.25) is 14.4 Å². The zero-order valence-electron chi connectivity index (χ0n) is 13.1. The Morgan fingerprint density at radius 1 is 0.909 bits per heavy atom. The van der Waals surface area contributed by atoms with Gasteiger partial charge in [0.1, 0.15) is 12.1 Å². The first kappa shape index (κ1) is 19.8. The van der Waals surface area contributed by atoms with Crippen LogP contribution in [0, 0.1) is 0 Å². The van der Waals surface area contributed by atoms with E-state index in [0.29, 0.717) is 0 Å². The van der Waals surface area contributed by atoms with Gasteiger partial charge < -0.3 is 24.8 Å². The van der Waals surface area contributed by atoms with Gasteiger partial charge in [-0.05, 0) is 13.5 Å². The third-order valence-electron chi connectivity index (χ3n) is 2.91. The van der Waals surface area contributed by atoms with E-state index in [2.05, 4.69) is 24.8 Å². The average molecular weight is 318 g/mol. The van der Waals surface area contributed by atoms with Crippen LogP contribution in [0.1, 0.15) is 19.3 Å². The van der Waals surface area contributed by atoms with Crippen molar-refractivity contribution in [1.29, 1.82) is 0 Å². The lowest BCUT2D eigenvalue weighted by Gasteiger charge is -2.18. The first-order valence-corrected chi connectivity index (χ1v) is 6.58. The number of nitrogens with one attached hydrogen (secondary N) is 2. The second-order valence-electron chi connectivity index (χ2n) is 4.33. The summed E-state index contributed by atoms with van der Waals surface area (Å²) in [5.41, 5.74) is 0. The van der Waals surface area contributed by atoms with Gasteiger partial charge in [-0.2, -0.15) is 0 Å². The predicted octanol–water partition coefficient (Wildman–Crippen LogP) is -1.25. The quantitative estimate of drug-likeness (QED) is 0.400. The van der Waals surface area contributed by atoms with Crippen LogP contribution in [0.25, 0.3) is 0 Å². The first-order valence-electron chi connectivity index (χ1n) is 6.58. The van der Waals surface area contributed by atoms with Gasteiger partial charge in [0.2, 0.25) is 5.91 Å². The van der Waals surface area contributed by atoms with Crippen molar-refractivity contribution in [2.24, 2.45) is 0 Å². The number of carbonyl (C=O) groups is 4. The number of amides is 1. The molecule has 0 aromatic heterocycles. The van der Waals surface area contributed by atoms with Crippen molar-refractivity contribution in [1.82, 2.24) is 10.6 Å². The van der Waals surface area contributed by atoms with Crippen molar-refractivity contribution >= 4 is 23.8 Å². The summed E-state index contributed by atoms with van der Waals surface area (Å²) in [7, 11) is 5.11. The molecule has 2 unspecified atom stereocenters. The SMILES string of the molecule is CNC(CC(=O)NC(CCC(=O)OC)C(=O)OC)C(=O)OC. The van der Waals surface area contributed by atoms with Gasteiger partial charge in [0.25, 0.3) is 0 Å². The summed E-state index contributed by atoms with van der Waals surface area (Å²) in [6, 6.07) is -1.82. The summed E-state index contributed by atoms with van der Waals surface area (Å²) in [6.45, 7) is 0. The Balaban J connectivity index is 4.63. The van der Waals surface area contributed by atoms with Crippen LogP contribution in [0.4, 0.5) is 0 Å². The number of ether oxygens (including phenoxy) is 3. The van der Waals surface area contributed by atoms with E-state index in [-0.39, 0.29) is 19.3 Å². The van der Waals surface area contributed by atoms with Crippen molar-refractivity contribution in [3.05, 3.63) is 0 Å². The maximum Gasteiger partial charge on any atom is 0.328 e. The van der Waals surface area contributed by atoms with Crippen LogP contribution in [0.5, 0.6) is 0 Å². The van der Waals surface area contributed by atoms with E-state index in [9.17, 15) is 19.2 Å². The van der Waals surface area contributed by atoms with Crippen molar-refractivity contribution in [3.8, 4) is 0 Å². The van der Waals surface area contributed by atoms with Gasteiger partial charge in [-0.1, -0.05) is 0 Å². The summed E-state index contributed by atoms with van der Waals surface area (Å²) >= 11 is 0. The molecule has 0 radical (unpaired) electrons. The number of carbonyl (C=O) groups excluding carboxylic acids is 4. The fourth-order valence-corrected chi connectivity index (χ4v) is 1.64. The van der Waals surface area contributed by atoms with E-state index < -0.39 is 35.9 Å². The monoisotopic (exact) mass is 318 g/mol. The zero-order chi connectivity index (χ0) is 17.1. The van der Waals surface area contributed by atoms with Gasteiger partial charge >= 0.3 is 17.9 Å². The van der Waals surface area contributed by atoms with Crippen LogP contribution in [-0.4, -0.2) is 64.3 Å². The third kappa shape index (κ3) is 7.02. The molecular formula is C13H22N2O7. The molecule has 0 saturated heterocycles. The van der Waals surface area contributed by atoms with Gasteiger partial charge in [-0.15, -0.1) is 0 Å². The lowest BCUT2D eigenvalue weighted by atomic mass is 10.1. The van der Waals surface area contributed by atoms with Crippen LogP contribution in [0.15, 0.2) is 0 Å². The summed E-state index contributed by atoms with van der Waals surface area (Å²) < 4.78 is 13.6. The normalized spacial score (nSPS) is 12.7. The minimum Gasteiger partial charge on any atom is -0.469 e. The number of esters is 3. The summed E-state index contributed by atoms with van der Waals surface area (Å²) in [6.07, 6.45) is -0.231. The molecule has 0 spiro atoms. The highest BCUT2D eigenvalue weighted by Crippen LogP contribution is 2.03. The minimum absolute atomic E-state index is 0.0352. The smallest absolute Gasteiger partial charge is 0.328 e. The molecule has 2 N–H and O–H groups in total. The van der Waals surface area contributed by atoms with Gasteiger partial charge in [-0.25, -0.2) is 4.79 Å². The number of likely N-dealkylation sites (N-methyl/N-ethyl adjacent to an activating group) is 1. The number of methoxy groups -OCH3 is 3. The van der Waals surface area contributed by atoms with Crippen molar-refractivity contribution in [3.63, 3.8) is 0 Å². The number of hydrogen-bond donors (Lipinski definition) is 2. The molecule has 2 atom stereocenters. The molecule has 9 nitrogen and oxygen atoms in total. The molecule has 0 saturated carbocycles. The van der Waals surface area contributed by atoms with E-state index in [1.54, 1.807) is 0 Å². The number of rotatable bonds is 9. The van der Waals surface area contributed by atoms with Crippen LogP contribution in [0.2, 0.25) is 0 Å². The molecule has 0 aliphatic rings. The summed E-state index contributed by atoms with van der Waals surface area (Å²) in [5.74, 6) is -2.34. The molecule has 0 bridgehead atoms. The highest BCUT2D eigenvalue weighted by molar-refractivity contribution is 5.88. The van der Waals surface area contributed by atoms with E-state index >= 15 is 0 Å². The van der Waals surface area contributed by atoms with Crippen molar-refractivity contribution in [2.75, 3.05) is 28.4 Å². The molecule has 0 aliphatic heterocycles. The fraction of sp³-hybridized carbons (Fsp3) is 0.692. The van der Waals surface area contributed by atoms with Crippen molar-refractivity contribution < 1.29 is 33.4 Å². The molecule has 0 aromatic rings. The fourth-order valence-electron chi connectivity index (χ4n) is 1.64. The molecule has 0 fully saturated rings. The Morgan fingerprint density at radius 2 is 1.45 bits per heavy atom. The van der Waals surface area contributed by atoms with Crippen molar-refractivity contribution in [2.45, 2.75) is 31.3 Å². The minimum atomic E-state index is -0.994. The third-order valence-corrected chi connectivity index (χ3v) is 2.91. The van der Waals surface area contributed by atoms with E-state index in [4.69, 9.17) is 0 Å². The Labute approximate surface area is 128 Å². The van der Waals surface area contributed by atoms with Gasteiger partial charge in [0, 0.05) is 6.42 Å². The molecular weight excluding hydrogens is 296 g/mol. The van der Waals surface area contributed by atoms with E-state index in [1.165, 1.54) is 28.4 Å². The Hall–Kier alpha value is -2.16. The molecule has 0 aromatic carbocycles. The van der Waals surface area contributed by atoms with Crippen LogP contribution in [-0.2, 0) is 33.4 Å². The van der Waals surface area contributed by atoms with Crippen LogP contribution >= 0.6 is 0 Å². The standard InChI is InChI=1S/C13H22N2O7/c1-14-9(13(19)22-4)7-10(16)15-8(12(18)21-3)5-6-11(17)20-2/h8-9,14H,5-7H2,1-4H3,(H,15,16). The maximum atomic E-state index is 11.9. The van der Waals surface area contributed by atoms with Gasteiger partial charge in [0.15, 0.2) is 0 Å². The highest BCUT2D eigenvalue weighted by atomic mass is 16.5. The lowest BCUT2D eigenvalue weighted by molar-refractivity contribution is -0.147. The predicted molar refractivity (Wildman–Crippen MR) is 74.7 cm³/mol. The maximum absolute atomic E-state index is 11.9. The zero-order valence-corrected chi connectivity index (χ0v) is 13.1. The Bertz CT molecular complexity index is 411. The summed E-state index contributed by atoms with van der Waals surface area (Å²) in [4.78, 5) is 46.0. The molecule has 0 aliphatic carbocycles. The Morgan fingerprint density at radius 3 is 1.91 bits per heavy atom.